The summed E-state index contributed by atoms with van der Waals surface area (Å²) in [6, 6.07) is 11.1. The normalized spacial score (nSPS) is 10.6. The van der Waals surface area contributed by atoms with Gasteiger partial charge in [0.1, 0.15) is 23.4 Å². The molecule has 0 atom stereocenters. The van der Waals surface area contributed by atoms with Gasteiger partial charge in [-0.05, 0) is 49.2 Å². The summed E-state index contributed by atoms with van der Waals surface area (Å²) in [6.45, 7) is 2.19. The van der Waals surface area contributed by atoms with Crippen LogP contribution in [0.15, 0.2) is 54.6 Å². The number of rotatable bonds is 11. The Morgan fingerprint density at radius 3 is 2.32 bits per heavy atom. The van der Waals surface area contributed by atoms with Crippen LogP contribution >= 0.6 is 0 Å². The average Bonchev–Trinajstić information content (AvgIpc) is 2.76. The van der Waals surface area contributed by atoms with Crippen molar-refractivity contribution in [2.24, 2.45) is 0 Å². The molecule has 0 bridgehead atoms. The number of allylic oxidation sites excluding steroid dienone is 1. The lowest BCUT2D eigenvalue weighted by Crippen LogP contribution is -2.09. The quantitative estimate of drug-likeness (QED) is 0.188. The molecule has 0 heterocycles. The van der Waals surface area contributed by atoms with Crippen LogP contribution in [-0.2, 0) is 4.79 Å². The number of benzene rings is 2. The molecule has 2 aromatic carbocycles. The van der Waals surface area contributed by atoms with E-state index < -0.39 is 17.8 Å². The number of esters is 2. The smallest absolute Gasteiger partial charge is 0.343 e. The second-order valence-corrected chi connectivity index (χ2v) is 7.05. The van der Waals surface area contributed by atoms with E-state index in [0.29, 0.717) is 5.75 Å². The Kier molecular flexibility index (Phi) is 9.96. The number of nitriles is 1. The molecule has 0 radical (unpaired) electrons. The van der Waals surface area contributed by atoms with Crippen LogP contribution in [-0.4, -0.2) is 11.9 Å². The zero-order valence-electron chi connectivity index (χ0n) is 17.6. The van der Waals surface area contributed by atoms with Gasteiger partial charge in [0.15, 0.2) is 0 Å². The summed E-state index contributed by atoms with van der Waals surface area (Å²) in [4.78, 5) is 24.0. The molecular weight excluding hydrogens is 397 g/mol. The molecule has 0 aliphatic heterocycles. The fraction of sp³-hybridized carbons (Fsp3) is 0.320. The number of halogens is 1. The molecule has 162 valence electrons. The largest absolute Gasteiger partial charge is 0.423 e. The SMILES string of the molecule is CCCCCCCCC=CC(=O)Oc1ccc(C(=O)Oc2ccc(C#N)c(F)c2)cc1. The first-order valence-electron chi connectivity index (χ1n) is 10.4. The van der Waals surface area contributed by atoms with Crippen LogP contribution in [0.4, 0.5) is 4.39 Å². The van der Waals surface area contributed by atoms with Crippen molar-refractivity contribution in [3.05, 3.63) is 71.6 Å². The van der Waals surface area contributed by atoms with E-state index in [0.717, 1.165) is 25.3 Å². The monoisotopic (exact) mass is 423 g/mol. The van der Waals surface area contributed by atoms with Gasteiger partial charge in [0.25, 0.3) is 0 Å². The van der Waals surface area contributed by atoms with Gasteiger partial charge in [-0.2, -0.15) is 5.26 Å². The van der Waals surface area contributed by atoms with Crippen molar-refractivity contribution in [1.82, 2.24) is 0 Å². The molecule has 0 aromatic heterocycles. The summed E-state index contributed by atoms with van der Waals surface area (Å²) in [5.74, 6) is -1.64. The Balaban J connectivity index is 1.78. The highest BCUT2D eigenvalue weighted by Gasteiger charge is 2.11. The molecule has 0 spiro atoms. The van der Waals surface area contributed by atoms with Gasteiger partial charge < -0.3 is 9.47 Å². The fourth-order valence-electron chi connectivity index (χ4n) is 2.85. The highest BCUT2D eigenvalue weighted by atomic mass is 19.1. The highest BCUT2D eigenvalue weighted by molar-refractivity contribution is 5.91. The molecule has 2 rings (SSSR count). The van der Waals surface area contributed by atoms with Crippen molar-refractivity contribution in [2.45, 2.75) is 51.9 Å². The third kappa shape index (κ3) is 8.43. The van der Waals surface area contributed by atoms with Crippen molar-refractivity contribution in [3.63, 3.8) is 0 Å². The molecule has 0 fully saturated rings. The molecule has 0 saturated heterocycles. The first-order valence-corrected chi connectivity index (χ1v) is 10.4. The summed E-state index contributed by atoms with van der Waals surface area (Å²) in [5.41, 5.74) is 0.0789. The van der Waals surface area contributed by atoms with E-state index in [-0.39, 0.29) is 16.9 Å². The van der Waals surface area contributed by atoms with Gasteiger partial charge >= 0.3 is 11.9 Å². The lowest BCUT2D eigenvalue weighted by atomic mass is 10.1. The molecule has 0 N–H and O–H groups in total. The predicted molar refractivity (Wildman–Crippen MR) is 115 cm³/mol. The lowest BCUT2D eigenvalue weighted by molar-refractivity contribution is -0.129. The van der Waals surface area contributed by atoms with Crippen molar-refractivity contribution < 1.29 is 23.5 Å². The Hall–Kier alpha value is -3.46. The minimum atomic E-state index is -0.764. The minimum absolute atomic E-state index is 0.00694. The summed E-state index contributed by atoms with van der Waals surface area (Å²) >= 11 is 0. The van der Waals surface area contributed by atoms with E-state index in [9.17, 15) is 14.0 Å². The molecule has 0 unspecified atom stereocenters. The molecular formula is C25H26FNO4. The van der Waals surface area contributed by atoms with Crippen LogP contribution in [0.3, 0.4) is 0 Å². The number of nitrogens with zero attached hydrogens (tertiary/aromatic N) is 1. The van der Waals surface area contributed by atoms with E-state index in [2.05, 4.69) is 6.92 Å². The van der Waals surface area contributed by atoms with E-state index in [1.807, 2.05) is 6.08 Å². The summed E-state index contributed by atoms with van der Waals surface area (Å²) < 4.78 is 23.9. The van der Waals surface area contributed by atoms with Crippen LogP contribution in [0, 0.1) is 17.1 Å². The Morgan fingerprint density at radius 2 is 1.65 bits per heavy atom. The molecule has 2 aromatic rings. The number of carbonyl (C=O) groups excluding carboxylic acids is 2. The van der Waals surface area contributed by atoms with Crippen LogP contribution in [0.25, 0.3) is 0 Å². The number of hydrogen-bond acceptors (Lipinski definition) is 5. The third-order valence-electron chi connectivity index (χ3n) is 4.56. The van der Waals surface area contributed by atoms with Gasteiger partial charge in [-0.1, -0.05) is 45.1 Å². The molecule has 0 aliphatic carbocycles. The lowest BCUT2D eigenvalue weighted by Gasteiger charge is -2.06. The van der Waals surface area contributed by atoms with Crippen LogP contribution < -0.4 is 9.47 Å². The summed E-state index contributed by atoms with van der Waals surface area (Å²) in [5, 5.41) is 8.73. The number of carbonyl (C=O) groups is 2. The number of hydrogen-bond donors (Lipinski definition) is 0. The maximum atomic E-state index is 13.6. The standard InChI is InChI=1S/C25H26FNO4/c1-2-3-4-5-6-7-8-9-10-24(28)30-21-14-11-19(12-15-21)25(29)31-22-16-13-20(18-27)23(26)17-22/h9-17H,2-8H2,1H3. The molecule has 0 aliphatic rings. The van der Waals surface area contributed by atoms with Gasteiger partial charge in [0.2, 0.25) is 0 Å². The van der Waals surface area contributed by atoms with Gasteiger partial charge in [0, 0.05) is 12.1 Å². The number of unbranched alkanes of at least 4 members (excludes halogenated alkanes) is 6. The molecule has 0 amide bonds. The summed E-state index contributed by atoms with van der Waals surface area (Å²) in [6.07, 6.45) is 11.2. The van der Waals surface area contributed by atoms with Crippen LogP contribution in [0.1, 0.15) is 67.8 Å². The average molecular weight is 423 g/mol. The van der Waals surface area contributed by atoms with Gasteiger partial charge in [-0.3, -0.25) is 0 Å². The van der Waals surface area contributed by atoms with Crippen LogP contribution in [0.2, 0.25) is 0 Å². The van der Waals surface area contributed by atoms with Crippen molar-refractivity contribution in [2.75, 3.05) is 0 Å². The summed E-state index contributed by atoms with van der Waals surface area (Å²) in [7, 11) is 0. The van der Waals surface area contributed by atoms with Crippen LogP contribution in [0.5, 0.6) is 11.5 Å². The van der Waals surface area contributed by atoms with E-state index in [1.54, 1.807) is 6.07 Å². The number of ether oxygens (including phenoxy) is 2. The van der Waals surface area contributed by atoms with Gasteiger partial charge in [0.05, 0.1) is 11.1 Å². The van der Waals surface area contributed by atoms with Crippen molar-refractivity contribution in [3.8, 4) is 17.6 Å². The molecule has 5 nitrogen and oxygen atoms in total. The van der Waals surface area contributed by atoms with E-state index >= 15 is 0 Å². The van der Waals surface area contributed by atoms with E-state index in [4.69, 9.17) is 14.7 Å². The zero-order valence-corrected chi connectivity index (χ0v) is 17.6. The van der Waals surface area contributed by atoms with Gasteiger partial charge in [-0.25, -0.2) is 14.0 Å². The maximum absolute atomic E-state index is 13.6. The van der Waals surface area contributed by atoms with Gasteiger partial charge in [-0.15, -0.1) is 0 Å². The second kappa shape index (κ2) is 13.0. The molecule has 6 heteroatoms. The van der Waals surface area contributed by atoms with Crippen molar-refractivity contribution in [1.29, 1.82) is 5.26 Å². The topological polar surface area (TPSA) is 76.4 Å². The Bertz CT molecular complexity index is 945. The Morgan fingerprint density at radius 1 is 0.968 bits per heavy atom. The fourth-order valence-corrected chi connectivity index (χ4v) is 2.85. The highest BCUT2D eigenvalue weighted by Crippen LogP contribution is 2.19. The maximum Gasteiger partial charge on any atom is 0.343 e. The van der Waals surface area contributed by atoms with E-state index in [1.165, 1.54) is 68.2 Å². The predicted octanol–water partition coefficient (Wildman–Crippen LogP) is 6.13. The van der Waals surface area contributed by atoms with Crippen molar-refractivity contribution >= 4 is 11.9 Å². The molecule has 0 saturated carbocycles. The second-order valence-electron chi connectivity index (χ2n) is 7.05. The zero-order chi connectivity index (χ0) is 22.5. The third-order valence-corrected chi connectivity index (χ3v) is 4.56. The first-order chi connectivity index (χ1) is 15.0. The molecule has 31 heavy (non-hydrogen) atoms. The first kappa shape index (κ1) is 23.8. The minimum Gasteiger partial charge on any atom is -0.423 e. The Labute approximate surface area is 182 Å².